The molecular formula is C73H97FO19SSi. The van der Waals surface area contributed by atoms with Crippen molar-refractivity contribution in [3.05, 3.63) is 138 Å². The number of carbonyl (C=O) groups excluding carboxylic acids is 3. The maximum Gasteiger partial charge on any atom is 0.344 e. The van der Waals surface area contributed by atoms with Crippen LogP contribution in [0.2, 0.25) is 19.6 Å². The second-order valence-electron chi connectivity index (χ2n) is 27.6. The summed E-state index contributed by atoms with van der Waals surface area (Å²) in [6, 6.07) is 24.3. The highest BCUT2D eigenvalue weighted by molar-refractivity contribution is 8.00. The molecule has 95 heavy (non-hydrogen) atoms. The predicted octanol–water partition coefficient (Wildman–Crippen LogP) is 11.7. The summed E-state index contributed by atoms with van der Waals surface area (Å²) in [4.78, 5) is 43.4. The number of rotatable bonds is 20. The lowest BCUT2D eigenvalue weighted by atomic mass is 9.70. The Kier molecular flexibility index (Phi) is 23.8. The number of fused-ring (bicyclic) bond motifs is 2. The van der Waals surface area contributed by atoms with Crippen molar-refractivity contribution in [3.63, 3.8) is 0 Å². The Balaban J connectivity index is 0.951. The fraction of sp³-hybridized carbons (Fsp3) is 0.603. The van der Waals surface area contributed by atoms with Gasteiger partial charge in [0, 0.05) is 57.1 Å². The summed E-state index contributed by atoms with van der Waals surface area (Å²) in [5, 5.41) is 12.7. The van der Waals surface area contributed by atoms with Gasteiger partial charge in [-0.3, -0.25) is 4.79 Å². The van der Waals surface area contributed by atoms with Gasteiger partial charge < -0.3 is 75.8 Å². The molecule has 0 saturated carbocycles. The maximum atomic E-state index is 15.7. The number of para-hydroxylation sites is 2. The second kappa shape index (κ2) is 31.3. The minimum absolute atomic E-state index is 0.0388. The van der Waals surface area contributed by atoms with E-state index >= 15 is 4.79 Å². The monoisotopic (exact) mass is 1360 g/mol. The molecule has 10 rings (SSSR count). The second-order valence-corrected chi connectivity index (χ2v) is 33.6. The summed E-state index contributed by atoms with van der Waals surface area (Å²) >= 11 is 1.45. The summed E-state index contributed by atoms with van der Waals surface area (Å²) in [5.74, 6) is -3.94. The van der Waals surface area contributed by atoms with Gasteiger partial charge in [-0.25, -0.2) is 14.0 Å². The average Bonchev–Trinajstić information content (AvgIpc) is 1.66. The molecule has 1 aliphatic carbocycles. The molecule has 6 aliphatic heterocycles. The van der Waals surface area contributed by atoms with E-state index in [2.05, 4.69) is 26.8 Å². The highest BCUT2D eigenvalue weighted by Gasteiger charge is 2.65. The van der Waals surface area contributed by atoms with Gasteiger partial charge in [0.05, 0.1) is 54.1 Å². The van der Waals surface area contributed by atoms with Crippen LogP contribution in [0.25, 0.3) is 0 Å². The third-order valence-electron chi connectivity index (χ3n) is 19.3. The molecule has 0 amide bonds. The molecule has 19 nitrogen and oxygen atoms in total. The SMILES string of the molecule is CCC(C)[C@H]1O[C@@]2(CC3C[C@@H](C/C=C(\C)[C@@H](O[C@H]4C[C@H](OC)[C@@H](O[C@H]5C[C@H](OC)[C@@H](OC(=O)COc6ccccc6)[C@H](C)O5)[C@H](C)O4)[C@@H](C)/C=C/C=C4\COC5[C@H](OC(=O)COc6ccccc6)C(C)=C[C@@H](C(=O)O3)[C@]45O[Si](C)(C)C)O2)C[C@H](O)[C@@]1(C)Sc1ccc(F)cc1. The molecule has 0 aromatic heterocycles. The number of ether oxygens (including phenoxy) is 14. The van der Waals surface area contributed by atoms with Crippen molar-refractivity contribution < 1.29 is 94.6 Å². The molecule has 3 aromatic carbocycles. The van der Waals surface area contributed by atoms with Crippen LogP contribution in [0.5, 0.6) is 11.5 Å². The predicted molar refractivity (Wildman–Crippen MR) is 354 cm³/mol. The number of halogens is 1. The standard InChI is InChI=1S/C73H97FO19SSi/c1-14-43(2)68-71(8,94-55-32-29-50(74)30-33-55)59(75)39-72(92-68)38-54-35-53(91-72)31-28-45(4)64(89-62-37-58(80-10)67(48(7)85-62)90-63-36-57(79-9)66(47(6)84-63)88-61(77)42-82-52-26-19-16-20-27-52)44(3)22-21-23-49-40-83-69-65(87-60(76)41-81-51-24-17-15-18-25-51)46(5)34-56(70(78)86-54)73(49,69)93-95(11,12)13/h15-30,32-34,43-44,47-48,53-54,56-59,62-69,75H,14,31,35-42H2,1-13H3/b22-21+,45-28+,49-23+/t43?,44-,47-,48-,53+,54?,56-,57-,58-,59-,62-,63-,64-,65+,66-,67-,68+,69?,71+,72-,73+/m0/s1. The van der Waals surface area contributed by atoms with Crippen LogP contribution in [-0.4, -0.2) is 173 Å². The molecule has 6 heterocycles. The molecule has 5 fully saturated rings. The molecule has 5 saturated heterocycles. The molecule has 3 unspecified atom stereocenters. The molecular weight excluding hydrogens is 1260 g/mol. The fourth-order valence-corrected chi connectivity index (χ4v) is 17.3. The van der Waals surface area contributed by atoms with Crippen LogP contribution in [0.4, 0.5) is 4.39 Å². The van der Waals surface area contributed by atoms with E-state index in [0.717, 1.165) is 10.5 Å². The zero-order valence-electron chi connectivity index (χ0n) is 57.0. The van der Waals surface area contributed by atoms with Crippen molar-refractivity contribution in [3.8, 4) is 11.5 Å². The van der Waals surface area contributed by atoms with Gasteiger partial charge in [-0.2, -0.15) is 0 Å². The van der Waals surface area contributed by atoms with Crippen LogP contribution in [0.3, 0.4) is 0 Å². The lowest BCUT2D eigenvalue weighted by Gasteiger charge is -2.56. The first-order valence-corrected chi connectivity index (χ1v) is 37.7. The van der Waals surface area contributed by atoms with Crippen LogP contribution in [0, 0.1) is 23.6 Å². The van der Waals surface area contributed by atoms with E-state index in [9.17, 15) is 19.1 Å². The number of allylic oxidation sites excluding steroid dienone is 2. The Morgan fingerprint density at radius 3 is 2.00 bits per heavy atom. The van der Waals surface area contributed by atoms with Crippen LogP contribution in [0.15, 0.2) is 137 Å². The van der Waals surface area contributed by atoms with E-state index < -0.39 is 140 Å². The highest BCUT2D eigenvalue weighted by atomic mass is 32.2. The quantitative estimate of drug-likeness (QED) is 0.0482. The molecule has 520 valence electrons. The van der Waals surface area contributed by atoms with Crippen molar-refractivity contribution >= 4 is 38.0 Å². The first-order chi connectivity index (χ1) is 45.3. The number of hydrogen-bond donors (Lipinski definition) is 1. The Labute approximate surface area is 564 Å². The van der Waals surface area contributed by atoms with Crippen molar-refractivity contribution in [2.75, 3.05) is 34.0 Å². The lowest BCUT2D eigenvalue weighted by Crippen LogP contribution is -2.65. The normalized spacial score (nSPS) is 37.8. The summed E-state index contributed by atoms with van der Waals surface area (Å²) in [7, 11) is 0.503. The Hall–Kier alpha value is -5.31. The Bertz CT molecular complexity index is 3200. The van der Waals surface area contributed by atoms with E-state index in [0.29, 0.717) is 35.5 Å². The van der Waals surface area contributed by atoms with Crippen molar-refractivity contribution in [1.29, 1.82) is 0 Å². The number of carbonyl (C=O) groups is 3. The molecule has 21 atom stereocenters. The Morgan fingerprint density at radius 1 is 0.768 bits per heavy atom. The fourth-order valence-electron chi connectivity index (χ4n) is 14.5. The first-order valence-electron chi connectivity index (χ1n) is 33.5. The summed E-state index contributed by atoms with van der Waals surface area (Å²) in [6.07, 6.45) is 1.33. The van der Waals surface area contributed by atoms with Gasteiger partial charge in [0.2, 0.25) is 0 Å². The van der Waals surface area contributed by atoms with Crippen molar-refractivity contribution in [1.82, 2.24) is 0 Å². The number of aliphatic hydroxyl groups excluding tert-OH is 1. The minimum atomic E-state index is -2.69. The summed E-state index contributed by atoms with van der Waals surface area (Å²) in [6.45, 7) is 21.3. The van der Waals surface area contributed by atoms with Gasteiger partial charge in [0.15, 0.2) is 52.1 Å². The van der Waals surface area contributed by atoms with E-state index in [1.54, 1.807) is 56.7 Å². The summed E-state index contributed by atoms with van der Waals surface area (Å²) in [5.41, 5.74) is 0.601. The molecule has 1 N–H and O–H groups in total. The largest absolute Gasteiger partial charge is 0.482 e. The Morgan fingerprint density at radius 2 is 1.38 bits per heavy atom. The number of benzene rings is 3. The van der Waals surface area contributed by atoms with Gasteiger partial charge in [-0.15, -0.1) is 11.8 Å². The van der Waals surface area contributed by atoms with Gasteiger partial charge in [0.25, 0.3) is 0 Å². The number of methoxy groups -OCH3 is 2. The minimum Gasteiger partial charge on any atom is -0.482 e. The van der Waals surface area contributed by atoms with E-state index in [1.165, 1.54) is 23.9 Å². The number of aliphatic hydroxyl groups is 1. The van der Waals surface area contributed by atoms with Gasteiger partial charge in [-0.05, 0) is 132 Å². The van der Waals surface area contributed by atoms with Crippen LogP contribution >= 0.6 is 11.8 Å². The highest BCUT2D eigenvalue weighted by Crippen LogP contribution is 2.54. The zero-order valence-corrected chi connectivity index (χ0v) is 58.8. The summed E-state index contributed by atoms with van der Waals surface area (Å²) < 4.78 is 112. The third-order valence-corrected chi connectivity index (χ3v) is 21.7. The average molecular weight is 1360 g/mol. The molecule has 2 bridgehead atoms. The molecule has 1 spiro atoms. The van der Waals surface area contributed by atoms with Crippen molar-refractivity contribution in [2.45, 2.75) is 233 Å². The van der Waals surface area contributed by atoms with Crippen LogP contribution in [0.1, 0.15) is 100 Å². The number of thioether (sulfide) groups is 1. The van der Waals surface area contributed by atoms with Gasteiger partial charge in [0.1, 0.15) is 53.3 Å². The van der Waals surface area contributed by atoms with Gasteiger partial charge in [-0.1, -0.05) is 94.0 Å². The number of hydrogen-bond acceptors (Lipinski definition) is 20. The lowest BCUT2D eigenvalue weighted by molar-refractivity contribution is -0.349. The zero-order chi connectivity index (χ0) is 68.0. The number of esters is 3. The first kappa shape index (κ1) is 72.4. The van der Waals surface area contributed by atoms with Crippen LogP contribution in [-0.2, 0) is 75.7 Å². The molecule has 7 aliphatic rings. The van der Waals surface area contributed by atoms with Crippen LogP contribution < -0.4 is 9.47 Å². The van der Waals surface area contributed by atoms with E-state index in [4.69, 9.17) is 70.7 Å². The van der Waals surface area contributed by atoms with E-state index in [-0.39, 0.29) is 69.6 Å². The molecule has 3 aromatic rings. The molecule has 0 radical (unpaired) electrons. The maximum absolute atomic E-state index is 15.7. The third kappa shape index (κ3) is 17.1. The van der Waals surface area contributed by atoms with Gasteiger partial charge >= 0.3 is 17.9 Å². The topological polar surface area (TPSA) is 210 Å². The van der Waals surface area contributed by atoms with E-state index in [1.807, 2.05) is 109 Å². The van der Waals surface area contributed by atoms with Crippen molar-refractivity contribution in [2.24, 2.45) is 17.8 Å². The smallest absolute Gasteiger partial charge is 0.344 e. The molecule has 22 heteroatoms.